The van der Waals surface area contributed by atoms with Crippen LogP contribution < -0.4 is 16.0 Å². The van der Waals surface area contributed by atoms with Gasteiger partial charge >= 0.3 is 6.09 Å². The molecule has 0 aliphatic carbocycles. The summed E-state index contributed by atoms with van der Waals surface area (Å²) in [4.78, 5) is 32.4. The summed E-state index contributed by atoms with van der Waals surface area (Å²) in [5, 5.41) is 10.8. The molecular formula is C40H42N4O4S. The standard InChI is InChI=1S/C40H42N4O4S/c1-27-35(26-49-36-21-11-20-34-32(36)18-12-24-41-34)48-31(25-42-27)23-22-28-13-9-10-19-33(28)43-39(45)38(44-40(46)47-2)37(29-14-5-3-6-15-29)30-16-7-4-8-17-30/h3-21,24,27,31,35,37-38,42H,22-23,25-26H2,1-2H3,(H,43,45)(H,44,46)/t27-,31-,35-,38?/m1/s1. The second kappa shape index (κ2) is 16.6. The Balaban J connectivity index is 1.14. The summed E-state index contributed by atoms with van der Waals surface area (Å²) in [6.45, 7) is 2.93. The molecule has 1 fully saturated rings. The number of anilines is 1. The molecule has 2 heterocycles. The van der Waals surface area contributed by atoms with E-state index in [1.807, 2.05) is 103 Å². The summed E-state index contributed by atoms with van der Waals surface area (Å²) in [5.74, 6) is 0.0437. The lowest BCUT2D eigenvalue weighted by Gasteiger charge is -2.36. The molecule has 2 amide bonds. The average molecular weight is 675 g/mol. The molecule has 252 valence electrons. The van der Waals surface area contributed by atoms with Gasteiger partial charge in [-0.1, -0.05) is 91.0 Å². The van der Waals surface area contributed by atoms with Crippen molar-refractivity contribution < 1.29 is 19.1 Å². The predicted octanol–water partition coefficient (Wildman–Crippen LogP) is 7.20. The third-order valence-corrected chi connectivity index (χ3v) is 10.2. The number of aromatic nitrogens is 1. The second-order valence-electron chi connectivity index (χ2n) is 12.2. The highest BCUT2D eigenvalue weighted by Gasteiger charge is 2.33. The maximum Gasteiger partial charge on any atom is 0.407 e. The van der Waals surface area contributed by atoms with Crippen LogP contribution >= 0.6 is 11.8 Å². The van der Waals surface area contributed by atoms with Crippen molar-refractivity contribution >= 4 is 40.4 Å². The van der Waals surface area contributed by atoms with Crippen molar-refractivity contribution in [2.24, 2.45) is 0 Å². The zero-order valence-electron chi connectivity index (χ0n) is 27.8. The Hall–Kier alpha value is -4.70. The van der Waals surface area contributed by atoms with Crippen LogP contribution in [-0.2, 0) is 20.7 Å². The normalized spacial score (nSPS) is 18.1. The molecule has 4 atom stereocenters. The van der Waals surface area contributed by atoms with E-state index in [-0.39, 0.29) is 24.2 Å². The number of para-hydroxylation sites is 1. The minimum absolute atomic E-state index is 0.0222. The van der Waals surface area contributed by atoms with E-state index in [0.717, 1.165) is 46.3 Å². The minimum Gasteiger partial charge on any atom is -0.453 e. The number of carbonyl (C=O) groups excluding carboxylic acids is 2. The maximum absolute atomic E-state index is 14.1. The number of thioether (sulfide) groups is 1. The van der Waals surface area contributed by atoms with Crippen LogP contribution in [0.5, 0.6) is 0 Å². The Morgan fingerprint density at radius 3 is 2.37 bits per heavy atom. The number of ether oxygens (including phenoxy) is 2. The van der Waals surface area contributed by atoms with Gasteiger partial charge < -0.3 is 25.4 Å². The van der Waals surface area contributed by atoms with Crippen molar-refractivity contribution in [3.05, 3.63) is 138 Å². The Kier molecular flexibility index (Phi) is 11.6. The van der Waals surface area contributed by atoms with Crippen LogP contribution in [0.2, 0.25) is 0 Å². The Morgan fingerprint density at radius 2 is 1.63 bits per heavy atom. The van der Waals surface area contributed by atoms with Crippen molar-refractivity contribution in [1.82, 2.24) is 15.6 Å². The largest absolute Gasteiger partial charge is 0.453 e. The van der Waals surface area contributed by atoms with E-state index >= 15 is 0 Å². The van der Waals surface area contributed by atoms with Gasteiger partial charge in [0.1, 0.15) is 6.04 Å². The first kappa shape index (κ1) is 34.2. The van der Waals surface area contributed by atoms with E-state index in [1.165, 1.54) is 12.0 Å². The highest BCUT2D eigenvalue weighted by molar-refractivity contribution is 7.99. The van der Waals surface area contributed by atoms with Crippen LogP contribution in [0, 0.1) is 0 Å². The Bertz CT molecular complexity index is 1800. The van der Waals surface area contributed by atoms with Gasteiger partial charge in [0.15, 0.2) is 0 Å². The van der Waals surface area contributed by atoms with Crippen LogP contribution in [0.3, 0.4) is 0 Å². The molecule has 0 bridgehead atoms. The SMILES string of the molecule is COC(=O)NC(C(=O)Nc1ccccc1CC[C@@H]1CN[C@H](C)[C@@H](CSc2cccc3ncccc23)O1)C(c1ccccc1)c1ccccc1. The summed E-state index contributed by atoms with van der Waals surface area (Å²) in [5.41, 5.74) is 4.51. The van der Waals surface area contributed by atoms with Crippen molar-refractivity contribution in [2.75, 3.05) is 24.7 Å². The van der Waals surface area contributed by atoms with E-state index in [2.05, 4.69) is 46.1 Å². The Labute approximate surface area is 292 Å². The summed E-state index contributed by atoms with van der Waals surface area (Å²) in [6, 6.07) is 36.9. The summed E-state index contributed by atoms with van der Waals surface area (Å²) in [6.07, 6.45) is 2.71. The number of hydrogen-bond acceptors (Lipinski definition) is 7. The minimum atomic E-state index is -0.937. The number of rotatable bonds is 12. The lowest BCUT2D eigenvalue weighted by Crippen LogP contribution is -2.52. The first-order valence-corrected chi connectivity index (χ1v) is 17.7. The van der Waals surface area contributed by atoms with Gasteiger partial charge in [-0.05, 0) is 60.7 Å². The number of nitrogens with zero attached hydrogens (tertiary/aromatic N) is 1. The predicted molar refractivity (Wildman–Crippen MR) is 196 cm³/mol. The molecule has 1 aromatic heterocycles. The number of pyridine rings is 1. The monoisotopic (exact) mass is 674 g/mol. The van der Waals surface area contributed by atoms with Crippen molar-refractivity contribution in [1.29, 1.82) is 0 Å². The molecule has 49 heavy (non-hydrogen) atoms. The lowest BCUT2D eigenvalue weighted by atomic mass is 9.84. The topological polar surface area (TPSA) is 102 Å². The second-order valence-corrected chi connectivity index (χ2v) is 13.3. The highest BCUT2D eigenvalue weighted by atomic mass is 32.2. The van der Waals surface area contributed by atoms with Gasteiger partial charge in [-0.2, -0.15) is 0 Å². The molecule has 0 saturated carbocycles. The number of fused-ring (bicyclic) bond motifs is 1. The number of carbonyl (C=O) groups is 2. The molecule has 4 aromatic carbocycles. The average Bonchev–Trinajstić information content (AvgIpc) is 3.15. The van der Waals surface area contributed by atoms with Crippen LogP contribution in [0.25, 0.3) is 10.9 Å². The number of alkyl carbamates (subject to hydrolysis) is 1. The molecule has 3 N–H and O–H groups in total. The third kappa shape index (κ3) is 8.67. The number of methoxy groups -OCH3 is 1. The van der Waals surface area contributed by atoms with E-state index in [1.54, 1.807) is 11.8 Å². The Morgan fingerprint density at radius 1 is 0.918 bits per heavy atom. The molecule has 6 rings (SSSR count). The number of hydrogen-bond donors (Lipinski definition) is 3. The van der Waals surface area contributed by atoms with Crippen LogP contribution in [0.15, 0.2) is 126 Å². The smallest absolute Gasteiger partial charge is 0.407 e. The summed E-state index contributed by atoms with van der Waals surface area (Å²) < 4.78 is 11.6. The van der Waals surface area contributed by atoms with E-state index in [0.29, 0.717) is 12.1 Å². The van der Waals surface area contributed by atoms with Crippen molar-refractivity contribution in [3.63, 3.8) is 0 Å². The zero-order valence-corrected chi connectivity index (χ0v) is 28.6. The molecule has 9 heteroatoms. The van der Waals surface area contributed by atoms with Gasteiger partial charge in [-0.25, -0.2) is 4.79 Å². The van der Waals surface area contributed by atoms with Gasteiger partial charge in [-0.15, -0.1) is 11.8 Å². The lowest BCUT2D eigenvalue weighted by molar-refractivity contribution is -0.118. The van der Waals surface area contributed by atoms with E-state index < -0.39 is 18.1 Å². The molecule has 5 aromatic rings. The summed E-state index contributed by atoms with van der Waals surface area (Å²) >= 11 is 1.80. The van der Waals surface area contributed by atoms with Gasteiger partial charge in [-0.3, -0.25) is 9.78 Å². The molecule has 8 nitrogen and oxygen atoms in total. The van der Waals surface area contributed by atoms with Crippen molar-refractivity contribution in [2.45, 2.75) is 54.9 Å². The molecule has 1 aliphatic rings. The van der Waals surface area contributed by atoms with Crippen LogP contribution in [0.4, 0.5) is 10.5 Å². The number of benzene rings is 4. The molecular weight excluding hydrogens is 633 g/mol. The van der Waals surface area contributed by atoms with Gasteiger partial charge in [0.2, 0.25) is 5.91 Å². The van der Waals surface area contributed by atoms with Crippen LogP contribution in [-0.4, -0.2) is 60.7 Å². The summed E-state index contributed by atoms with van der Waals surface area (Å²) in [7, 11) is 1.30. The molecule has 0 spiro atoms. The van der Waals surface area contributed by atoms with Crippen LogP contribution in [0.1, 0.15) is 36.0 Å². The highest BCUT2D eigenvalue weighted by Crippen LogP contribution is 2.31. The van der Waals surface area contributed by atoms with Gasteiger partial charge in [0.25, 0.3) is 0 Å². The quantitative estimate of drug-likeness (QED) is 0.120. The molecule has 1 unspecified atom stereocenters. The fourth-order valence-electron chi connectivity index (χ4n) is 6.36. The zero-order chi connectivity index (χ0) is 34.0. The number of morpholine rings is 1. The third-order valence-electron chi connectivity index (χ3n) is 9.00. The maximum atomic E-state index is 14.1. The fourth-order valence-corrected chi connectivity index (χ4v) is 7.57. The number of nitrogens with one attached hydrogen (secondary N) is 3. The number of amides is 2. The first-order chi connectivity index (χ1) is 24.0. The molecule has 0 radical (unpaired) electrons. The van der Waals surface area contributed by atoms with Gasteiger partial charge in [0, 0.05) is 46.4 Å². The fraction of sp³-hybridized carbons (Fsp3) is 0.275. The first-order valence-electron chi connectivity index (χ1n) is 16.7. The molecule has 1 aliphatic heterocycles. The van der Waals surface area contributed by atoms with Crippen molar-refractivity contribution in [3.8, 4) is 0 Å². The van der Waals surface area contributed by atoms with E-state index in [4.69, 9.17) is 9.47 Å². The van der Waals surface area contributed by atoms with E-state index in [9.17, 15) is 9.59 Å². The number of aryl methyl sites for hydroxylation is 1. The van der Waals surface area contributed by atoms with Gasteiger partial charge in [0.05, 0.1) is 24.8 Å². The molecule has 1 saturated heterocycles.